The fourth-order valence-corrected chi connectivity index (χ4v) is 3.58. The van der Waals surface area contributed by atoms with Crippen LogP contribution in [0.1, 0.15) is 25.0 Å². The van der Waals surface area contributed by atoms with E-state index in [1.165, 1.54) is 17.7 Å². The van der Waals surface area contributed by atoms with Gasteiger partial charge in [0.25, 0.3) is 0 Å². The van der Waals surface area contributed by atoms with Crippen LogP contribution in [-0.4, -0.2) is 55.1 Å². The zero-order chi connectivity index (χ0) is 20.6. The number of urea groups is 1. The van der Waals surface area contributed by atoms with Crippen LogP contribution in [0.3, 0.4) is 0 Å². The maximum Gasteiger partial charge on any atom is 0.317 e. The number of amides is 2. The number of rotatable bonds is 7. The average molecular weight is 399 g/mol. The van der Waals surface area contributed by atoms with Crippen LogP contribution in [0.25, 0.3) is 0 Å². The Kier molecular flexibility index (Phi) is 7.47. The number of anilines is 1. The van der Waals surface area contributed by atoms with Crippen LogP contribution in [0.5, 0.6) is 0 Å². The van der Waals surface area contributed by atoms with Gasteiger partial charge in [0.05, 0.1) is 0 Å². The highest BCUT2D eigenvalue weighted by atomic mass is 19.1. The topological polar surface area (TPSA) is 38.8 Å². The number of halogens is 1. The number of hydrogen-bond acceptors (Lipinski definition) is 3. The van der Waals surface area contributed by atoms with Gasteiger partial charge in [-0.3, -0.25) is 4.90 Å². The molecule has 0 aliphatic carbocycles. The summed E-state index contributed by atoms with van der Waals surface area (Å²) >= 11 is 0. The maximum absolute atomic E-state index is 13.1. The predicted molar refractivity (Wildman–Crippen MR) is 115 cm³/mol. The van der Waals surface area contributed by atoms with Crippen LogP contribution >= 0.6 is 0 Å². The molecule has 2 amide bonds. The summed E-state index contributed by atoms with van der Waals surface area (Å²) in [5.74, 6) is -0.229. The number of hydrogen-bond donors (Lipinski definition) is 1. The van der Waals surface area contributed by atoms with Gasteiger partial charge < -0.3 is 15.1 Å². The predicted octanol–water partition coefficient (Wildman–Crippen LogP) is 3.70. The van der Waals surface area contributed by atoms with Crippen molar-refractivity contribution in [2.75, 3.05) is 44.2 Å². The summed E-state index contributed by atoms with van der Waals surface area (Å²) in [5.41, 5.74) is 3.39. The van der Waals surface area contributed by atoms with E-state index in [0.717, 1.165) is 44.0 Å². The van der Waals surface area contributed by atoms with Gasteiger partial charge in [0.1, 0.15) is 5.82 Å². The van der Waals surface area contributed by atoms with Crippen LogP contribution in [0, 0.1) is 5.82 Å². The molecule has 1 aliphatic rings. The molecule has 0 aromatic heterocycles. The molecule has 1 fully saturated rings. The summed E-state index contributed by atoms with van der Waals surface area (Å²) < 4.78 is 13.1. The van der Waals surface area contributed by atoms with Crippen LogP contribution in [0.4, 0.5) is 14.9 Å². The first-order valence-corrected chi connectivity index (χ1v) is 10.4. The first kappa shape index (κ1) is 21.1. The van der Waals surface area contributed by atoms with Crippen molar-refractivity contribution in [2.24, 2.45) is 0 Å². The van der Waals surface area contributed by atoms with Crippen molar-refractivity contribution in [3.63, 3.8) is 0 Å². The molecule has 5 nitrogen and oxygen atoms in total. The fraction of sp³-hybridized carbons (Fsp3) is 0.435. The Hall–Kier alpha value is -2.60. The molecule has 1 aliphatic heterocycles. The maximum atomic E-state index is 13.1. The van der Waals surface area contributed by atoms with E-state index in [1.54, 1.807) is 12.1 Å². The average Bonchev–Trinajstić information content (AvgIpc) is 2.77. The Morgan fingerprint density at radius 1 is 0.931 bits per heavy atom. The first-order valence-electron chi connectivity index (χ1n) is 10.4. The molecular formula is C23H31FN4O. The lowest BCUT2D eigenvalue weighted by molar-refractivity contribution is 0.194. The van der Waals surface area contributed by atoms with E-state index in [0.29, 0.717) is 19.6 Å². The molecule has 0 bridgehead atoms. The van der Waals surface area contributed by atoms with Crippen LogP contribution < -0.4 is 10.2 Å². The Morgan fingerprint density at radius 2 is 1.52 bits per heavy atom. The monoisotopic (exact) mass is 398 g/mol. The van der Waals surface area contributed by atoms with E-state index in [-0.39, 0.29) is 11.8 Å². The van der Waals surface area contributed by atoms with E-state index >= 15 is 0 Å². The number of nitrogens with one attached hydrogen (secondary N) is 1. The molecule has 0 atom stereocenters. The summed E-state index contributed by atoms with van der Waals surface area (Å²) in [4.78, 5) is 18.9. The SMILES string of the molecule is CCN(CC)Cc1ccc(CNC(=O)N2CCN(c3ccc(F)cc3)CC2)cc1. The molecule has 0 unspecified atom stereocenters. The fourth-order valence-electron chi connectivity index (χ4n) is 3.58. The molecule has 29 heavy (non-hydrogen) atoms. The molecule has 0 radical (unpaired) electrons. The molecule has 2 aromatic carbocycles. The van der Waals surface area contributed by atoms with E-state index < -0.39 is 0 Å². The zero-order valence-electron chi connectivity index (χ0n) is 17.4. The minimum absolute atomic E-state index is 0.0315. The minimum atomic E-state index is -0.229. The third-order valence-corrected chi connectivity index (χ3v) is 5.53. The lowest BCUT2D eigenvalue weighted by Crippen LogP contribution is -2.51. The molecule has 6 heteroatoms. The van der Waals surface area contributed by atoms with E-state index in [9.17, 15) is 9.18 Å². The summed E-state index contributed by atoms with van der Waals surface area (Å²) in [6.07, 6.45) is 0. The first-order chi connectivity index (χ1) is 14.1. The smallest absolute Gasteiger partial charge is 0.317 e. The number of carbonyl (C=O) groups excluding carboxylic acids is 1. The third kappa shape index (κ3) is 5.94. The van der Waals surface area contributed by atoms with Crippen LogP contribution in [-0.2, 0) is 13.1 Å². The van der Waals surface area contributed by atoms with Crippen molar-refractivity contribution >= 4 is 11.7 Å². The van der Waals surface area contributed by atoms with Gasteiger partial charge in [-0.05, 0) is 48.5 Å². The molecule has 0 spiro atoms. The normalized spacial score (nSPS) is 14.3. The van der Waals surface area contributed by atoms with Crippen molar-refractivity contribution in [2.45, 2.75) is 26.9 Å². The third-order valence-electron chi connectivity index (χ3n) is 5.53. The highest BCUT2D eigenvalue weighted by Gasteiger charge is 2.21. The summed E-state index contributed by atoms with van der Waals surface area (Å²) in [5, 5.41) is 3.02. The largest absolute Gasteiger partial charge is 0.368 e. The molecule has 3 rings (SSSR count). The zero-order valence-corrected chi connectivity index (χ0v) is 17.4. The quantitative estimate of drug-likeness (QED) is 0.773. The Bertz CT molecular complexity index is 766. The second-order valence-electron chi connectivity index (χ2n) is 7.39. The number of benzene rings is 2. The molecule has 1 heterocycles. The standard InChI is InChI=1S/C23H31FN4O/c1-3-26(4-2)18-20-7-5-19(6-8-20)17-25-23(29)28-15-13-27(14-16-28)22-11-9-21(24)10-12-22/h5-12H,3-4,13-18H2,1-2H3,(H,25,29). The van der Waals surface area contributed by atoms with Gasteiger partial charge in [0, 0.05) is 45.0 Å². The van der Waals surface area contributed by atoms with E-state index in [4.69, 9.17) is 0 Å². The van der Waals surface area contributed by atoms with Crippen LogP contribution in [0.15, 0.2) is 48.5 Å². The summed E-state index contributed by atoms with van der Waals surface area (Å²) in [6, 6.07) is 14.9. The Morgan fingerprint density at radius 3 is 2.10 bits per heavy atom. The second kappa shape index (κ2) is 10.3. The Labute approximate surface area is 173 Å². The van der Waals surface area contributed by atoms with Crippen molar-refractivity contribution in [3.05, 3.63) is 65.5 Å². The van der Waals surface area contributed by atoms with Crippen LogP contribution in [0.2, 0.25) is 0 Å². The lowest BCUT2D eigenvalue weighted by Gasteiger charge is -2.36. The van der Waals surface area contributed by atoms with Gasteiger partial charge in [0.2, 0.25) is 0 Å². The Balaban J connectivity index is 1.43. The molecule has 1 N–H and O–H groups in total. The van der Waals surface area contributed by atoms with Crippen molar-refractivity contribution in [1.82, 2.24) is 15.1 Å². The minimum Gasteiger partial charge on any atom is -0.368 e. The summed E-state index contributed by atoms with van der Waals surface area (Å²) in [6.45, 7) is 10.7. The van der Waals surface area contributed by atoms with Gasteiger partial charge in [0.15, 0.2) is 0 Å². The van der Waals surface area contributed by atoms with Gasteiger partial charge in [-0.1, -0.05) is 38.1 Å². The van der Waals surface area contributed by atoms with Gasteiger partial charge >= 0.3 is 6.03 Å². The number of nitrogens with zero attached hydrogens (tertiary/aromatic N) is 3. The number of piperazine rings is 1. The molecule has 1 saturated heterocycles. The lowest BCUT2D eigenvalue weighted by atomic mass is 10.1. The second-order valence-corrected chi connectivity index (χ2v) is 7.39. The molecular weight excluding hydrogens is 367 g/mol. The van der Waals surface area contributed by atoms with Gasteiger partial charge in [-0.2, -0.15) is 0 Å². The van der Waals surface area contributed by atoms with Gasteiger partial charge in [-0.25, -0.2) is 9.18 Å². The molecule has 2 aromatic rings. The van der Waals surface area contributed by atoms with Crippen molar-refractivity contribution < 1.29 is 9.18 Å². The summed E-state index contributed by atoms with van der Waals surface area (Å²) in [7, 11) is 0. The number of carbonyl (C=O) groups is 1. The van der Waals surface area contributed by atoms with Crippen molar-refractivity contribution in [3.8, 4) is 0 Å². The molecule has 0 saturated carbocycles. The van der Waals surface area contributed by atoms with E-state index in [1.807, 2.05) is 4.90 Å². The van der Waals surface area contributed by atoms with Crippen molar-refractivity contribution in [1.29, 1.82) is 0 Å². The molecule has 156 valence electrons. The highest BCUT2D eigenvalue weighted by molar-refractivity contribution is 5.74. The van der Waals surface area contributed by atoms with E-state index in [2.05, 4.69) is 53.2 Å². The highest BCUT2D eigenvalue weighted by Crippen LogP contribution is 2.17. The van der Waals surface area contributed by atoms with Gasteiger partial charge in [-0.15, -0.1) is 0 Å².